The standard InChI is InChI=1S/C15H13Cl2NO2/c16-13-3-1-2-10(8-13)6-12(15(19)20)7-11-4-5-14(17)18-9-11/h1-5,8-9,12H,6-7H2,(H,19,20). The molecule has 0 saturated carbocycles. The Morgan fingerprint density at radius 2 is 1.90 bits per heavy atom. The normalized spacial score (nSPS) is 12.1. The van der Waals surface area contributed by atoms with E-state index >= 15 is 0 Å². The number of aromatic nitrogens is 1. The van der Waals surface area contributed by atoms with E-state index in [1.807, 2.05) is 12.1 Å². The van der Waals surface area contributed by atoms with E-state index in [2.05, 4.69) is 4.98 Å². The second-order valence-corrected chi connectivity index (χ2v) is 5.39. The number of benzene rings is 1. The van der Waals surface area contributed by atoms with E-state index in [1.165, 1.54) is 0 Å². The van der Waals surface area contributed by atoms with E-state index in [4.69, 9.17) is 23.2 Å². The summed E-state index contributed by atoms with van der Waals surface area (Å²) in [5.74, 6) is -1.35. The molecule has 2 aromatic rings. The Balaban J connectivity index is 2.11. The monoisotopic (exact) mass is 309 g/mol. The Bertz CT molecular complexity index is 599. The van der Waals surface area contributed by atoms with Crippen LogP contribution >= 0.6 is 23.2 Å². The minimum Gasteiger partial charge on any atom is -0.481 e. The van der Waals surface area contributed by atoms with Crippen molar-refractivity contribution in [2.45, 2.75) is 12.8 Å². The molecule has 0 fully saturated rings. The zero-order valence-corrected chi connectivity index (χ0v) is 12.1. The van der Waals surface area contributed by atoms with Gasteiger partial charge in [-0.2, -0.15) is 0 Å². The first-order valence-electron chi connectivity index (χ1n) is 6.12. The molecule has 0 aliphatic carbocycles. The highest BCUT2D eigenvalue weighted by atomic mass is 35.5. The number of pyridine rings is 1. The summed E-state index contributed by atoms with van der Waals surface area (Å²) in [7, 11) is 0. The molecular weight excluding hydrogens is 297 g/mol. The van der Waals surface area contributed by atoms with Crippen LogP contribution in [0.4, 0.5) is 0 Å². The molecule has 0 aliphatic rings. The topological polar surface area (TPSA) is 50.2 Å². The zero-order valence-electron chi connectivity index (χ0n) is 10.6. The Morgan fingerprint density at radius 1 is 1.15 bits per heavy atom. The summed E-state index contributed by atoms with van der Waals surface area (Å²) in [4.78, 5) is 15.3. The van der Waals surface area contributed by atoms with Crippen LogP contribution in [0.3, 0.4) is 0 Å². The second kappa shape index (κ2) is 6.73. The first-order chi connectivity index (χ1) is 9.54. The largest absolute Gasteiger partial charge is 0.481 e. The van der Waals surface area contributed by atoms with Gasteiger partial charge in [-0.15, -0.1) is 0 Å². The predicted molar refractivity (Wildman–Crippen MR) is 79.2 cm³/mol. The molecule has 1 unspecified atom stereocenters. The van der Waals surface area contributed by atoms with Gasteiger partial charge in [-0.3, -0.25) is 4.79 Å². The van der Waals surface area contributed by atoms with Crippen LogP contribution in [0.5, 0.6) is 0 Å². The van der Waals surface area contributed by atoms with E-state index in [0.29, 0.717) is 23.0 Å². The number of carbonyl (C=O) groups is 1. The van der Waals surface area contributed by atoms with Crippen molar-refractivity contribution >= 4 is 29.2 Å². The molecular formula is C15H13Cl2NO2. The lowest BCUT2D eigenvalue weighted by atomic mass is 9.93. The molecule has 0 saturated heterocycles. The molecule has 5 heteroatoms. The summed E-state index contributed by atoms with van der Waals surface area (Å²) >= 11 is 11.6. The van der Waals surface area contributed by atoms with E-state index < -0.39 is 11.9 Å². The number of hydrogen-bond donors (Lipinski definition) is 1. The lowest BCUT2D eigenvalue weighted by Crippen LogP contribution is -2.19. The van der Waals surface area contributed by atoms with Crippen molar-refractivity contribution in [3.8, 4) is 0 Å². The maximum Gasteiger partial charge on any atom is 0.307 e. The van der Waals surface area contributed by atoms with Gasteiger partial charge in [0.1, 0.15) is 5.15 Å². The van der Waals surface area contributed by atoms with Gasteiger partial charge < -0.3 is 5.11 Å². The van der Waals surface area contributed by atoms with Crippen LogP contribution in [-0.2, 0) is 17.6 Å². The maximum absolute atomic E-state index is 11.4. The Hall–Kier alpha value is -1.58. The Kier molecular flexibility index (Phi) is 4.99. The predicted octanol–water partition coefficient (Wildman–Crippen LogP) is 3.87. The van der Waals surface area contributed by atoms with Crippen LogP contribution in [0.25, 0.3) is 0 Å². The van der Waals surface area contributed by atoms with Crippen LogP contribution < -0.4 is 0 Å². The van der Waals surface area contributed by atoms with Gasteiger partial charge in [0.2, 0.25) is 0 Å². The molecule has 1 heterocycles. The van der Waals surface area contributed by atoms with Crippen molar-refractivity contribution in [2.75, 3.05) is 0 Å². The lowest BCUT2D eigenvalue weighted by molar-refractivity contribution is -0.141. The molecule has 1 aromatic heterocycles. The van der Waals surface area contributed by atoms with Crippen molar-refractivity contribution in [1.82, 2.24) is 4.98 Å². The minimum absolute atomic E-state index is 0.399. The van der Waals surface area contributed by atoms with Crippen molar-refractivity contribution in [3.05, 3.63) is 63.9 Å². The third kappa shape index (κ3) is 4.22. The summed E-state index contributed by atoms with van der Waals surface area (Å²) < 4.78 is 0. The molecule has 3 nitrogen and oxygen atoms in total. The number of carboxylic acid groups (broad SMARTS) is 1. The fraction of sp³-hybridized carbons (Fsp3) is 0.200. The quantitative estimate of drug-likeness (QED) is 0.853. The van der Waals surface area contributed by atoms with E-state index in [9.17, 15) is 9.90 Å². The minimum atomic E-state index is -0.833. The lowest BCUT2D eigenvalue weighted by Gasteiger charge is -2.12. The first-order valence-corrected chi connectivity index (χ1v) is 6.88. The number of rotatable bonds is 5. The molecule has 0 radical (unpaired) electrons. The van der Waals surface area contributed by atoms with Crippen molar-refractivity contribution in [1.29, 1.82) is 0 Å². The van der Waals surface area contributed by atoms with Gasteiger partial charge in [-0.25, -0.2) is 4.98 Å². The molecule has 2 rings (SSSR count). The van der Waals surface area contributed by atoms with Crippen LogP contribution in [-0.4, -0.2) is 16.1 Å². The smallest absolute Gasteiger partial charge is 0.307 e. The Labute approximate surface area is 127 Å². The zero-order chi connectivity index (χ0) is 14.5. The van der Waals surface area contributed by atoms with Gasteiger partial charge in [0.25, 0.3) is 0 Å². The highest BCUT2D eigenvalue weighted by Crippen LogP contribution is 2.18. The molecule has 0 amide bonds. The van der Waals surface area contributed by atoms with Gasteiger partial charge in [-0.05, 0) is 42.2 Å². The SMILES string of the molecule is O=C(O)C(Cc1ccc(Cl)nc1)Cc1cccc(Cl)c1. The summed E-state index contributed by atoms with van der Waals surface area (Å²) in [6.07, 6.45) is 2.45. The third-order valence-corrected chi connectivity index (χ3v) is 3.45. The van der Waals surface area contributed by atoms with Gasteiger partial charge in [-0.1, -0.05) is 41.4 Å². The van der Waals surface area contributed by atoms with E-state index in [1.54, 1.807) is 30.5 Å². The fourth-order valence-corrected chi connectivity index (χ4v) is 2.33. The Morgan fingerprint density at radius 3 is 2.50 bits per heavy atom. The summed E-state index contributed by atoms with van der Waals surface area (Å²) in [6, 6.07) is 10.7. The van der Waals surface area contributed by atoms with Crippen LogP contribution in [0.1, 0.15) is 11.1 Å². The summed E-state index contributed by atoms with van der Waals surface area (Å²) in [5.41, 5.74) is 1.76. The first kappa shape index (κ1) is 14.8. The second-order valence-electron chi connectivity index (χ2n) is 4.56. The molecule has 1 N–H and O–H groups in total. The molecule has 1 atom stereocenters. The average molecular weight is 310 g/mol. The molecule has 104 valence electrons. The number of halogens is 2. The summed E-state index contributed by atoms with van der Waals surface area (Å²) in [5, 5.41) is 10.3. The fourth-order valence-electron chi connectivity index (χ4n) is 2.01. The van der Waals surface area contributed by atoms with Gasteiger partial charge in [0, 0.05) is 11.2 Å². The number of aliphatic carboxylic acids is 1. The van der Waals surface area contributed by atoms with Crippen molar-refractivity contribution < 1.29 is 9.90 Å². The number of nitrogens with zero attached hydrogens (tertiary/aromatic N) is 1. The number of carboxylic acids is 1. The van der Waals surface area contributed by atoms with E-state index in [-0.39, 0.29) is 0 Å². The highest BCUT2D eigenvalue weighted by molar-refractivity contribution is 6.30. The maximum atomic E-state index is 11.4. The molecule has 0 aliphatic heterocycles. The third-order valence-electron chi connectivity index (χ3n) is 2.99. The molecule has 1 aromatic carbocycles. The molecule has 0 bridgehead atoms. The van der Waals surface area contributed by atoms with E-state index in [0.717, 1.165) is 11.1 Å². The van der Waals surface area contributed by atoms with Crippen LogP contribution in [0, 0.1) is 5.92 Å². The van der Waals surface area contributed by atoms with Crippen molar-refractivity contribution in [3.63, 3.8) is 0 Å². The van der Waals surface area contributed by atoms with Crippen LogP contribution in [0.2, 0.25) is 10.2 Å². The van der Waals surface area contributed by atoms with Gasteiger partial charge in [0.15, 0.2) is 0 Å². The average Bonchev–Trinajstić information content (AvgIpc) is 2.40. The van der Waals surface area contributed by atoms with Gasteiger partial charge in [0.05, 0.1) is 5.92 Å². The van der Waals surface area contributed by atoms with Crippen LogP contribution in [0.15, 0.2) is 42.6 Å². The molecule has 20 heavy (non-hydrogen) atoms. The highest BCUT2D eigenvalue weighted by Gasteiger charge is 2.19. The molecule has 0 spiro atoms. The van der Waals surface area contributed by atoms with Gasteiger partial charge >= 0.3 is 5.97 Å². The summed E-state index contributed by atoms with van der Waals surface area (Å²) in [6.45, 7) is 0. The van der Waals surface area contributed by atoms with Crippen molar-refractivity contribution in [2.24, 2.45) is 5.92 Å². The number of hydrogen-bond acceptors (Lipinski definition) is 2.